The largest absolute Gasteiger partial charge is 0.287 e. The average Bonchev–Trinajstić information content (AvgIpc) is 0.792. The molecule has 0 saturated heterocycles. The Labute approximate surface area is 586 Å². The predicted octanol–water partition coefficient (Wildman–Crippen LogP) is 21.0. The van der Waals surface area contributed by atoms with E-state index in [1.54, 1.807) is 0 Å². The molecule has 0 saturated carbocycles. The fourth-order valence-corrected chi connectivity index (χ4v) is 13.1. The normalized spacial score (nSPS) is 11.1. The molecule has 15 aromatic rings. The van der Waals surface area contributed by atoms with Gasteiger partial charge in [-0.25, -0.2) is 23.7 Å². The van der Waals surface area contributed by atoms with E-state index < -0.39 is 0 Å². The summed E-state index contributed by atoms with van der Waals surface area (Å²) >= 11 is 0. The summed E-state index contributed by atoms with van der Waals surface area (Å²) in [6.07, 6.45) is 7.92. The summed E-state index contributed by atoms with van der Waals surface area (Å²) in [7, 11) is 6.20. The molecular weight excluding hydrogens is 1210 g/mol. The lowest BCUT2D eigenvalue weighted by Crippen LogP contribution is -2.32. The van der Waals surface area contributed by atoms with Crippen molar-refractivity contribution in [1.29, 1.82) is 0 Å². The van der Waals surface area contributed by atoms with Crippen molar-refractivity contribution in [2.45, 2.75) is 94.9 Å². The molecule has 0 bridgehead atoms. The van der Waals surface area contributed by atoms with Crippen LogP contribution in [-0.4, -0.2) is 24.9 Å². The Morgan fingerprint density at radius 3 is 1.44 bits per heavy atom. The molecule has 0 fully saturated rings. The van der Waals surface area contributed by atoms with E-state index in [2.05, 4.69) is 321 Å². The van der Waals surface area contributed by atoms with Crippen LogP contribution in [0.2, 0.25) is 0 Å². The van der Waals surface area contributed by atoms with E-state index in [0.29, 0.717) is 17.8 Å². The lowest BCUT2D eigenvalue weighted by atomic mass is 9.96. The van der Waals surface area contributed by atoms with Crippen LogP contribution in [0.25, 0.3) is 111 Å². The third kappa shape index (κ3) is 16.5. The third-order valence-electron chi connectivity index (χ3n) is 18.2. The molecule has 0 unspecified atom stereocenters. The number of benzene rings is 10. The van der Waals surface area contributed by atoms with Crippen LogP contribution >= 0.6 is 0 Å². The molecule has 15 rings (SSSR count). The van der Waals surface area contributed by atoms with Crippen molar-refractivity contribution in [2.75, 3.05) is 0 Å². The molecule has 0 aliphatic heterocycles. The van der Waals surface area contributed by atoms with Gasteiger partial charge < -0.3 is 0 Å². The van der Waals surface area contributed by atoms with Gasteiger partial charge in [-0.3, -0.25) is 0 Å². The maximum absolute atomic E-state index is 4.74. The van der Waals surface area contributed by atoms with Crippen LogP contribution in [0.4, 0.5) is 0 Å². The predicted molar refractivity (Wildman–Crippen MR) is 414 cm³/mol. The second-order valence-corrected chi connectivity index (χ2v) is 27.3. The maximum atomic E-state index is 4.74. The maximum Gasteiger partial charge on any atom is 0.287 e. The summed E-state index contributed by atoms with van der Waals surface area (Å²) in [4.78, 5) is 23.4. The van der Waals surface area contributed by atoms with Crippen LogP contribution in [0.15, 0.2) is 268 Å². The van der Waals surface area contributed by atoms with E-state index >= 15 is 0 Å². The Morgan fingerprint density at radius 1 is 0.333 bits per heavy atom. The van der Waals surface area contributed by atoms with Crippen molar-refractivity contribution in [1.82, 2.24) is 24.9 Å². The first-order valence-corrected chi connectivity index (χ1v) is 34.7. The molecule has 8 heteroatoms. The average molecular weight is 1300 g/mol. The minimum Gasteiger partial charge on any atom is -0.248 e. The number of fused-ring (bicyclic) bond motifs is 5. The van der Waals surface area contributed by atoms with Crippen molar-refractivity contribution in [3.05, 3.63) is 312 Å². The molecule has 99 heavy (non-hydrogen) atoms. The lowest BCUT2D eigenvalue weighted by Gasteiger charge is -2.11. The zero-order valence-electron chi connectivity index (χ0n) is 60.1. The monoisotopic (exact) mass is 1300 g/mol. The van der Waals surface area contributed by atoms with E-state index in [0.717, 1.165) is 57.4 Å². The highest BCUT2D eigenvalue weighted by Gasteiger charge is 2.21. The van der Waals surface area contributed by atoms with Gasteiger partial charge in [-0.05, 0) is 174 Å². The van der Waals surface area contributed by atoms with Crippen molar-refractivity contribution in [2.24, 2.45) is 33.0 Å². The number of hydrogen-bond acceptors (Lipinski definition) is 5. The van der Waals surface area contributed by atoms with Crippen LogP contribution in [-0.2, 0) is 34.0 Å². The Morgan fingerprint density at radius 2 is 0.838 bits per heavy atom. The Balaban J connectivity index is 0.000000126. The smallest absolute Gasteiger partial charge is 0.248 e. The van der Waals surface area contributed by atoms with E-state index in [4.69, 9.17) is 15.0 Å². The quantitative estimate of drug-likeness (QED) is 0.128. The summed E-state index contributed by atoms with van der Waals surface area (Å²) < 4.78 is 6.37. The molecule has 0 atom stereocenters. The van der Waals surface area contributed by atoms with Crippen molar-refractivity contribution >= 4 is 54.5 Å². The number of hydrogen-bond donors (Lipinski definition) is 0. The molecule has 5 heterocycles. The first-order chi connectivity index (χ1) is 47.9. The van der Waals surface area contributed by atoms with Crippen molar-refractivity contribution < 1.29 is 13.7 Å². The summed E-state index contributed by atoms with van der Waals surface area (Å²) in [6.45, 7) is 24.2. The Hall–Kier alpha value is -11.0. The molecule has 0 aliphatic carbocycles. The van der Waals surface area contributed by atoms with Gasteiger partial charge >= 0.3 is 0 Å². The summed E-state index contributed by atoms with van der Waals surface area (Å²) in [5.41, 5.74) is 27.8. The van der Waals surface area contributed by atoms with Crippen LogP contribution in [0.3, 0.4) is 0 Å². The summed E-state index contributed by atoms with van der Waals surface area (Å²) in [5, 5.41) is 6.10. The molecular formula is C91H93N8+3. The second kappa shape index (κ2) is 31.9. The standard InChI is InChI=1S/2C20H23N2.C19H21N2.2C16H13N/c1-14(2)12-16-9-7-11-18-19(16)21-13-22(4)20(18)17-10-6-5-8-15(17)3;1-14(2)11-16-9-10-18-19(12-16)21-13-22(4)20(18)17-8-6-5-7-15(17)3;1-13(2)15-9-10-18-17(11-15)19(21(4)12-20-18)16-8-6-5-7-14(16)3;1-12-6-5-9-16-14(12)10-11-15(17-16)13-7-3-2-4-8-13;1-12-11-14-9-5-6-10-15(14)17-16(12)13-7-3-2-4-8-13/h5-11,13-14H,12H2,1-4H3;5-10,12-14H,11H2,1-4H3;5-13H,1-4H3;2*2-11H,1H3/q3*+1;;. The SMILES string of the molecule is Cc1cc2ccccc2nc1-c1ccccc1.Cc1cccc2nc(-c3ccccc3)ccc12.Cc1ccccc1-c1c2cc(C(C)C)ccc2nc[n+]1C.Cc1ccccc1-c1c2ccc(CC(C)C)cc2nc[n+]1C.Cc1ccccc1-c1c2cccc(CC(C)C)c2nc[n+]1C. The lowest BCUT2D eigenvalue weighted by molar-refractivity contribution is -0.662. The number of para-hydroxylation sites is 2. The first-order valence-electron chi connectivity index (χ1n) is 34.7. The van der Waals surface area contributed by atoms with Crippen molar-refractivity contribution in [3.63, 3.8) is 0 Å². The highest BCUT2D eigenvalue weighted by Crippen LogP contribution is 2.33. The van der Waals surface area contributed by atoms with Gasteiger partial charge in [-0.15, -0.1) is 0 Å². The molecule has 8 nitrogen and oxygen atoms in total. The third-order valence-corrected chi connectivity index (χ3v) is 18.2. The van der Waals surface area contributed by atoms with Crippen LogP contribution < -0.4 is 13.7 Å². The molecule has 0 amide bonds. The van der Waals surface area contributed by atoms with Gasteiger partial charge in [0.1, 0.15) is 17.1 Å². The molecule has 5 aromatic heterocycles. The van der Waals surface area contributed by atoms with E-state index in [-0.39, 0.29) is 0 Å². The van der Waals surface area contributed by atoms with Crippen LogP contribution in [0.5, 0.6) is 0 Å². The fraction of sp³-hybridized carbons (Fsp3) is 0.209. The number of aryl methyl sites for hydroxylation is 8. The molecule has 0 radical (unpaired) electrons. The summed E-state index contributed by atoms with van der Waals surface area (Å²) in [5.74, 6) is 1.81. The van der Waals surface area contributed by atoms with Crippen LogP contribution in [0, 0.1) is 46.5 Å². The minimum atomic E-state index is 0.518. The van der Waals surface area contributed by atoms with E-state index in [9.17, 15) is 0 Å². The number of nitrogens with zero attached hydrogens (tertiary/aromatic N) is 8. The second-order valence-electron chi connectivity index (χ2n) is 27.3. The van der Waals surface area contributed by atoms with E-state index in [1.165, 1.54) is 111 Å². The van der Waals surface area contributed by atoms with Gasteiger partial charge in [-0.2, -0.15) is 0 Å². The molecule has 10 aromatic carbocycles. The van der Waals surface area contributed by atoms with Gasteiger partial charge in [0.15, 0.2) is 16.6 Å². The van der Waals surface area contributed by atoms with Crippen LogP contribution in [0.1, 0.15) is 92.0 Å². The van der Waals surface area contributed by atoms with Gasteiger partial charge in [0, 0.05) is 44.2 Å². The highest BCUT2D eigenvalue weighted by atomic mass is 15.0. The van der Waals surface area contributed by atoms with Gasteiger partial charge in [-0.1, -0.05) is 236 Å². The Bertz CT molecular complexity index is 5290. The number of rotatable bonds is 10. The zero-order chi connectivity index (χ0) is 69.7. The Kier molecular flexibility index (Phi) is 22.4. The minimum absolute atomic E-state index is 0.518. The van der Waals surface area contributed by atoms with Gasteiger partial charge in [0.25, 0.3) is 19.0 Å². The first kappa shape index (κ1) is 69.4. The fourth-order valence-electron chi connectivity index (χ4n) is 13.1. The number of pyridine rings is 2. The molecule has 0 spiro atoms. The zero-order valence-corrected chi connectivity index (χ0v) is 60.1. The van der Waals surface area contributed by atoms with Gasteiger partial charge in [0.05, 0.1) is 59.7 Å². The highest BCUT2D eigenvalue weighted by molar-refractivity contribution is 5.95. The topological polar surface area (TPSA) is 76.1 Å². The van der Waals surface area contributed by atoms with E-state index in [1.807, 2.05) is 67.5 Å². The molecule has 0 N–H and O–H groups in total. The summed E-state index contributed by atoms with van der Waals surface area (Å²) in [6, 6.07) is 87.0. The molecule has 494 valence electrons. The molecule has 0 aliphatic rings. The van der Waals surface area contributed by atoms with Crippen molar-refractivity contribution in [3.8, 4) is 56.3 Å². The number of aromatic nitrogens is 8. The van der Waals surface area contributed by atoms with Gasteiger partial charge in [0.2, 0.25) is 0 Å².